The van der Waals surface area contributed by atoms with E-state index in [1.165, 1.54) is 6.42 Å². The molecule has 1 N–H and O–H groups in total. The van der Waals surface area contributed by atoms with Gasteiger partial charge in [-0.3, -0.25) is 9.69 Å². The third-order valence-corrected chi connectivity index (χ3v) is 5.68. The van der Waals surface area contributed by atoms with Gasteiger partial charge in [0.15, 0.2) is 11.5 Å². The first-order valence-electron chi connectivity index (χ1n) is 10.0. The Morgan fingerprint density at radius 2 is 2.00 bits per heavy atom. The lowest BCUT2D eigenvalue weighted by Crippen LogP contribution is -2.45. The molecule has 2 aliphatic heterocycles. The fourth-order valence-electron chi connectivity index (χ4n) is 4.19. The van der Waals surface area contributed by atoms with Crippen molar-refractivity contribution in [3.8, 4) is 11.5 Å². The molecule has 0 unspecified atom stereocenters. The van der Waals surface area contributed by atoms with Crippen molar-refractivity contribution < 1.29 is 14.6 Å². The summed E-state index contributed by atoms with van der Waals surface area (Å²) < 4.78 is 5.47. The molecule has 0 aromatic heterocycles. The Bertz CT molecular complexity index is 611. The van der Waals surface area contributed by atoms with Gasteiger partial charge in [0, 0.05) is 31.1 Å². The minimum atomic E-state index is 0.167. The van der Waals surface area contributed by atoms with E-state index in [4.69, 9.17) is 4.74 Å². The number of carbonyl (C=O) groups is 1. The lowest BCUT2D eigenvalue weighted by Gasteiger charge is -2.37. The van der Waals surface area contributed by atoms with Gasteiger partial charge < -0.3 is 14.7 Å². The number of piperidine rings is 2. The number of para-hydroxylation sites is 1. The van der Waals surface area contributed by atoms with E-state index >= 15 is 0 Å². The molecule has 5 nitrogen and oxygen atoms in total. The number of phenolic OH excluding ortho intramolecular Hbond substituents is 1. The molecule has 3 rings (SSSR count). The second-order valence-electron chi connectivity index (χ2n) is 7.78. The molecule has 1 aromatic rings. The monoisotopic (exact) mass is 360 g/mol. The summed E-state index contributed by atoms with van der Waals surface area (Å²) in [6.07, 6.45) is 4.21. The molecule has 2 saturated heterocycles. The van der Waals surface area contributed by atoms with Crippen molar-refractivity contribution in [3.05, 3.63) is 23.8 Å². The van der Waals surface area contributed by atoms with Crippen LogP contribution in [0.1, 0.15) is 45.1 Å². The maximum Gasteiger partial charge on any atom is 0.225 e. The summed E-state index contributed by atoms with van der Waals surface area (Å²) in [4.78, 5) is 17.2. The van der Waals surface area contributed by atoms with Crippen LogP contribution >= 0.6 is 0 Å². The average Bonchev–Trinajstić information content (AvgIpc) is 2.65. The van der Waals surface area contributed by atoms with Crippen molar-refractivity contribution in [2.75, 3.05) is 32.8 Å². The average molecular weight is 360 g/mol. The van der Waals surface area contributed by atoms with Crippen molar-refractivity contribution in [1.29, 1.82) is 0 Å². The second kappa shape index (κ2) is 8.76. The Balaban J connectivity index is 1.52. The minimum absolute atomic E-state index is 0.167. The Morgan fingerprint density at radius 3 is 2.69 bits per heavy atom. The molecule has 0 bridgehead atoms. The van der Waals surface area contributed by atoms with Crippen molar-refractivity contribution in [2.24, 2.45) is 11.8 Å². The van der Waals surface area contributed by atoms with Gasteiger partial charge in [-0.2, -0.15) is 0 Å². The number of amides is 1. The van der Waals surface area contributed by atoms with Crippen LogP contribution < -0.4 is 4.74 Å². The van der Waals surface area contributed by atoms with Crippen molar-refractivity contribution in [1.82, 2.24) is 9.80 Å². The summed E-state index contributed by atoms with van der Waals surface area (Å²) in [5.41, 5.74) is 0.894. The van der Waals surface area contributed by atoms with E-state index in [0.717, 1.165) is 51.0 Å². The maximum atomic E-state index is 12.8. The zero-order valence-corrected chi connectivity index (χ0v) is 16.1. The van der Waals surface area contributed by atoms with Crippen LogP contribution in [-0.2, 0) is 11.3 Å². The number of hydrogen-bond acceptors (Lipinski definition) is 4. The third-order valence-electron chi connectivity index (χ3n) is 5.68. The first kappa shape index (κ1) is 19.0. The highest BCUT2D eigenvalue weighted by Gasteiger charge is 2.30. The minimum Gasteiger partial charge on any atom is -0.504 e. The van der Waals surface area contributed by atoms with Crippen LogP contribution in [0.2, 0.25) is 0 Å². The maximum absolute atomic E-state index is 12.8. The van der Waals surface area contributed by atoms with Gasteiger partial charge in [-0.05, 0) is 57.7 Å². The molecule has 5 heteroatoms. The van der Waals surface area contributed by atoms with Crippen LogP contribution in [0.15, 0.2) is 18.2 Å². The number of nitrogens with zero attached hydrogens (tertiary/aromatic N) is 2. The van der Waals surface area contributed by atoms with Crippen LogP contribution in [0, 0.1) is 11.8 Å². The Morgan fingerprint density at radius 1 is 1.23 bits per heavy atom. The summed E-state index contributed by atoms with van der Waals surface area (Å²) in [5.74, 6) is 1.95. The molecule has 2 heterocycles. The number of likely N-dealkylation sites (tertiary alicyclic amines) is 2. The molecule has 0 spiro atoms. The molecule has 2 aliphatic rings. The Labute approximate surface area is 156 Å². The standard InChI is InChI=1S/C21H32N2O3/c1-3-26-19-8-4-7-18(20(19)24)15-22-12-9-17(10-13-22)21(25)23-11-5-6-16(2)14-23/h4,7-8,16-17,24H,3,5-6,9-15H2,1-2H3/t16-/m1/s1. The number of benzene rings is 1. The summed E-state index contributed by atoms with van der Waals surface area (Å²) in [5, 5.41) is 10.4. The van der Waals surface area contributed by atoms with Crippen LogP contribution in [0.4, 0.5) is 0 Å². The first-order chi connectivity index (χ1) is 12.6. The molecule has 26 heavy (non-hydrogen) atoms. The van der Waals surface area contributed by atoms with E-state index in [0.29, 0.717) is 30.7 Å². The van der Waals surface area contributed by atoms with Gasteiger partial charge in [-0.25, -0.2) is 0 Å². The van der Waals surface area contributed by atoms with E-state index in [1.807, 2.05) is 19.1 Å². The molecule has 1 atom stereocenters. The molecule has 1 amide bonds. The SMILES string of the molecule is CCOc1cccc(CN2CCC(C(=O)N3CCC[C@@H](C)C3)CC2)c1O. The summed E-state index contributed by atoms with van der Waals surface area (Å²) in [7, 11) is 0. The highest BCUT2D eigenvalue weighted by Crippen LogP contribution is 2.32. The zero-order valence-electron chi connectivity index (χ0n) is 16.1. The van der Waals surface area contributed by atoms with Gasteiger partial charge in [0.25, 0.3) is 0 Å². The Hall–Kier alpha value is -1.75. The van der Waals surface area contributed by atoms with Gasteiger partial charge in [-0.15, -0.1) is 0 Å². The fourth-order valence-corrected chi connectivity index (χ4v) is 4.19. The summed E-state index contributed by atoms with van der Waals surface area (Å²) >= 11 is 0. The largest absolute Gasteiger partial charge is 0.504 e. The zero-order chi connectivity index (χ0) is 18.5. The van der Waals surface area contributed by atoms with Crippen LogP contribution in [0.25, 0.3) is 0 Å². The van der Waals surface area contributed by atoms with E-state index < -0.39 is 0 Å². The van der Waals surface area contributed by atoms with E-state index in [1.54, 1.807) is 6.07 Å². The van der Waals surface area contributed by atoms with Crippen molar-refractivity contribution >= 4 is 5.91 Å². The highest BCUT2D eigenvalue weighted by molar-refractivity contribution is 5.79. The number of aromatic hydroxyl groups is 1. The second-order valence-corrected chi connectivity index (χ2v) is 7.78. The molecular weight excluding hydrogens is 328 g/mol. The fraction of sp³-hybridized carbons (Fsp3) is 0.667. The smallest absolute Gasteiger partial charge is 0.225 e. The van der Waals surface area contributed by atoms with Gasteiger partial charge in [0.2, 0.25) is 5.91 Å². The third kappa shape index (κ3) is 4.50. The van der Waals surface area contributed by atoms with Gasteiger partial charge >= 0.3 is 0 Å². The molecule has 2 fully saturated rings. The Kier molecular flexibility index (Phi) is 6.41. The summed E-state index contributed by atoms with van der Waals surface area (Å²) in [6.45, 7) is 9.06. The molecule has 144 valence electrons. The lowest BCUT2D eigenvalue weighted by molar-refractivity contribution is -0.138. The van der Waals surface area contributed by atoms with Gasteiger partial charge in [-0.1, -0.05) is 19.1 Å². The van der Waals surface area contributed by atoms with E-state index in [2.05, 4.69) is 16.7 Å². The quantitative estimate of drug-likeness (QED) is 0.876. The molecule has 0 aliphatic carbocycles. The first-order valence-corrected chi connectivity index (χ1v) is 10.0. The number of ether oxygens (including phenoxy) is 1. The molecule has 0 radical (unpaired) electrons. The number of phenols is 1. The van der Waals surface area contributed by atoms with E-state index in [9.17, 15) is 9.90 Å². The predicted molar refractivity (Wildman–Crippen MR) is 102 cm³/mol. The van der Waals surface area contributed by atoms with Crippen LogP contribution in [0.5, 0.6) is 11.5 Å². The van der Waals surface area contributed by atoms with Gasteiger partial charge in [0.1, 0.15) is 0 Å². The van der Waals surface area contributed by atoms with Crippen LogP contribution in [0.3, 0.4) is 0 Å². The molecule has 0 saturated carbocycles. The predicted octanol–water partition coefficient (Wildman–Crippen LogP) is 3.26. The normalized spacial score (nSPS) is 22.4. The van der Waals surface area contributed by atoms with Gasteiger partial charge in [0.05, 0.1) is 6.61 Å². The lowest BCUT2D eigenvalue weighted by atomic mass is 9.92. The van der Waals surface area contributed by atoms with Crippen molar-refractivity contribution in [3.63, 3.8) is 0 Å². The topological polar surface area (TPSA) is 53.0 Å². The van der Waals surface area contributed by atoms with Crippen molar-refractivity contribution in [2.45, 2.75) is 46.1 Å². The van der Waals surface area contributed by atoms with Crippen LogP contribution in [-0.4, -0.2) is 53.6 Å². The number of rotatable bonds is 5. The number of carbonyl (C=O) groups excluding carboxylic acids is 1. The molecule has 1 aromatic carbocycles. The summed E-state index contributed by atoms with van der Waals surface area (Å²) in [6, 6.07) is 5.67. The highest BCUT2D eigenvalue weighted by atomic mass is 16.5. The molecular formula is C21H32N2O3. The number of hydrogen-bond donors (Lipinski definition) is 1. The van der Waals surface area contributed by atoms with E-state index in [-0.39, 0.29) is 11.7 Å².